The van der Waals surface area contributed by atoms with E-state index in [0.29, 0.717) is 25.1 Å². The van der Waals surface area contributed by atoms with Crippen LogP contribution in [0.25, 0.3) is 0 Å². The second kappa shape index (κ2) is 8.22. The molecule has 1 aliphatic rings. The number of hydrogen-bond donors (Lipinski definition) is 2. The third-order valence-electron chi connectivity index (χ3n) is 4.84. The number of ether oxygens (including phenoxy) is 1. The van der Waals surface area contributed by atoms with Crippen molar-refractivity contribution >= 4 is 17.6 Å². The van der Waals surface area contributed by atoms with E-state index in [1.54, 1.807) is 43.3 Å². The lowest BCUT2D eigenvalue weighted by molar-refractivity contribution is -0.142. The van der Waals surface area contributed by atoms with Gasteiger partial charge in [0.15, 0.2) is 0 Å². The van der Waals surface area contributed by atoms with Gasteiger partial charge >= 0.3 is 11.9 Å². The summed E-state index contributed by atoms with van der Waals surface area (Å²) in [7, 11) is 3.48. The quantitative estimate of drug-likeness (QED) is 0.602. The molecule has 27 heavy (non-hydrogen) atoms. The Bertz CT molecular complexity index is 817. The normalized spacial score (nSPS) is 16.9. The molecule has 142 valence electrons. The maximum atomic E-state index is 12.5. The molecule has 0 aliphatic carbocycles. The molecule has 0 aromatic heterocycles. The summed E-state index contributed by atoms with van der Waals surface area (Å²) in [5.41, 5.74) is 3.06. The van der Waals surface area contributed by atoms with Gasteiger partial charge in [-0.25, -0.2) is 0 Å². The number of hydrogen-bond acceptors (Lipinski definition) is 5. The zero-order valence-corrected chi connectivity index (χ0v) is 15.5. The van der Waals surface area contributed by atoms with Crippen LogP contribution in [-0.2, 0) is 22.4 Å². The number of benzene rings is 2. The molecule has 0 bridgehead atoms. The number of carbonyl (C=O) groups is 2. The number of nitrogens with one attached hydrogen (secondary N) is 1. The van der Waals surface area contributed by atoms with E-state index in [9.17, 15) is 14.7 Å². The van der Waals surface area contributed by atoms with Gasteiger partial charge in [-0.1, -0.05) is 30.3 Å². The van der Waals surface area contributed by atoms with Crippen molar-refractivity contribution in [3.8, 4) is 5.75 Å². The Morgan fingerprint density at radius 3 is 2.56 bits per heavy atom. The number of carboxylic acids is 1. The fourth-order valence-corrected chi connectivity index (χ4v) is 3.22. The Labute approximate surface area is 158 Å². The summed E-state index contributed by atoms with van der Waals surface area (Å²) in [6.07, 6.45) is 1.04. The minimum Gasteiger partial charge on any atom is -0.480 e. The summed E-state index contributed by atoms with van der Waals surface area (Å²) in [6.45, 7) is 0.553. The van der Waals surface area contributed by atoms with Crippen molar-refractivity contribution in [1.82, 2.24) is 4.90 Å². The van der Waals surface area contributed by atoms with Crippen LogP contribution in [0, 0.1) is 5.92 Å². The molecule has 1 heterocycles. The monoisotopic (exact) mass is 368 g/mol. The molecule has 6 nitrogen and oxygen atoms in total. The minimum atomic E-state index is -0.861. The van der Waals surface area contributed by atoms with Crippen molar-refractivity contribution in [2.75, 3.05) is 26.0 Å². The van der Waals surface area contributed by atoms with Crippen LogP contribution in [0.4, 0.5) is 5.69 Å². The van der Waals surface area contributed by atoms with Crippen LogP contribution < -0.4 is 10.1 Å². The topological polar surface area (TPSA) is 78.9 Å². The number of rotatable bonds is 6. The van der Waals surface area contributed by atoms with E-state index in [0.717, 1.165) is 16.8 Å². The van der Waals surface area contributed by atoms with Crippen LogP contribution in [0.3, 0.4) is 0 Å². The number of aliphatic carboxylic acids is 1. The highest BCUT2D eigenvalue weighted by molar-refractivity contribution is 5.77. The molecule has 0 saturated carbocycles. The van der Waals surface area contributed by atoms with Gasteiger partial charge in [-0.15, -0.1) is 0 Å². The molecule has 2 aromatic rings. The largest absolute Gasteiger partial charge is 0.480 e. The summed E-state index contributed by atoms with van der Waals surface area (Å²) in [5.74, 6) is -0.883. The lowest BCUT2D eigenvalue weighted by Gasteiger charge is -2.24. The number of carbonyl (C=O) groups excluding carboxylic acids is 1. The van der Waals surface area contributed by atoms with Crippen molar-refractivity contribution in [2.45, 2.75) is 18.9 Å². The molecule has 1 unspecified atom stereocenters. The summed E-state index contributed by atoms with van der Waals surface area (Å²) in [5, 5.41) is 12.5. The summed E-state index contributed by atoms with van der Waals surface area (Å²) < 4.78 is 5.52. The lowest BCUT2D eigenvalue weighted by Crippen LogP contribution is -2.37. The second-order valence-electron chi connectivity index (χ2n) is 7.03. The third kappa shape index (κ3) is 4.65. The average molecular weight is 368 g/mol. The molecular weight excluding hydrogens is 344 g/mol. The number of fused-ring (bicyclic) bond motifs is 1. The zero-order chi connectivity index (χ0) is 19.4. The van der Waals surface area contributed by atoms with Crippen molar-refractivity contribution in [1.29, 1.82) is 0 Å². The van der Waals surface area contributed by atoms with Gasteiger partial charge in [-0.05, 0) is 56.3 Å². The lowest BCUT2D eigenvalue weighted by atomic mass is 9.94. The van der Waals surface area contributed by atoms with Gasteiger partial charge in [0.05, 0.1) is 5.92 Å². The van der Waals surface area contributed by atoms with Crippen LogP contribution in [0.15, 0.2) is 48.5 Å². The van der Waals surface area contributed by atoms with Crippen molar-refractivity contribution in [3.05, 3.63) is 59.7 Å². The number of nitrogens with zero attached hydrogens (tertiary/aromatic N) is 1. The Morgan fingerprint density at radius 2 is 1.89 bits per heavy atom. The van der Waals surface area contributed by atoms with Crippen LogP contribution in [-0.4, -0.2) is 48.6 Å². The molecule has 3 rings (SSSR count). The van der Waals surface area contributed by atoms with E-state index in [-0.39, 0.29) is 11.9 Å². The molecule has 0 fully saturated rings. The first kappa shape index (κ1) is 18.9. The van der Waals surface area contributed by atoms with E-state index in [1.807, 2.05) is 24.3 Å². The van der Waals surface area contributed by atoms with Gasteiger partial charge in [-0.3, -0.25) is 14.5 Å². The zero-order valence-electron chi connectivity index (χ0n) is 15.5. The maximum Gasteiger partial charge on any atom is 0.321 e. The highest BCUT2D eigenvalue weighted by atomic mass is 16.5. The average Bonchev–Trinajstić information content (AvgIpc) is 2.66. The molecule has 2 N–H and O–H groups in total. The number of esters is 1. The van der Waals surface area contributed by atoms with E-state index in [1.165, 1.54) is 0 Å². The van der Waals surface area contributed by atoms with Gasteiger partial charge < -0.3 is 15.2 Å². The first-order valence-corrected chi connectivity index (χ1v) is 8.95. The Hall–Kier alpha value is -2.86. The van der Waals surface area contributed by atoms with Crippen LogP contribution in [0.2, 0.25) is 0 Å². The fraction of sp³-hybridized carbons (Fsp3) is 0.333. The molecule has 0 amide bonds. The van der Waals surface area contributed by atoms with Crippen molar-refractivity contribution in [2.24, 2.45) is 5.92 Å². The fourth-order valence-electron chi connectivity index (χ4n) is 3.22. The molecule has 2 aromatic carbocycles. The molecule has 0 spiro atoms. The van der Waals surface area contributed by atoms with Crippen molar-refractivity contribution < 1.29 is 19.4 Å². The molecular formula is C21H24N2O4. The summed E-state index contributed by atoms with van der Waals surface area (Å²) in [6, 6.07) is 14.4. The second-order valence-corrected chi connectivity index (χ2v) is 7.03. The molecule has 2 atom stereocenters. The van der Waals surface area contributed by atoms with E-state index < -0.39 is 12.0 Å². The predicted molar refractivity (Wildman–Crippen MR) is 103 cm³/mol. The molecule has 0 saturated heterocycles. The van der Waals surface area contributed by atoms with Crippen LogP contribution in [0.1, 0.15) is 11.1 Å². The first-order valence-electron chi connectivity index (χ1n) is 8.95. The SMILES string of the molecule is CN(C)[C@@H](Cc1ccc(OC(=O)C2CNc3ccccc3C2)cc1)C(=O)O. The molecule has 0 radical (unpaired) electrons. The van der Waals surface area contributed by atoms with Crippen molar-refractivity contribution in [3.63, 3.8) is 0 Å². The van der Waals surface area contributed by atoms with Gasteiger partial charge in [0.1, 0.15) is 11.8 Å². The van der Waals surface area contributed by atoms with E-state index in [2.05, 4.69) is 5.32 Å². The number of anilines is 1. The maximum absolute atomic E-state index is 12.5. The smallest absolute Gasteiger partial charge is 0.321 e. The predicted octanol–water partition coefficient (Wildman–Crippen LogP) is 2.43. The number of carboxylic acid groups (broad SMARTS) is 1. The van der Waals surface area contributed by atoms with Gasteiger partial charge in [-0.2, -0.15) is 0 Å². The molecule has 1 aliphatic heterocycles. The number of likely N-dealkylation sites (N-methyl/N-ethyl adjacent to an activating group) is 1. The van der Waals surface area contributed by atoms with E-state index in [4.69, 9.17) is 4.74 Å². The van der Waals surface area contributed by atoms with Gasteiger partial charge in [0.2, 0.25) is 0 Å². The third-order valence-corrected chi connectivity index (χ3v) is 4.84. The van der Waals surface area contributed by atoms with Gasteiger partial charge in [0.25, 0.3) is 0 Å². The Morgan fingerprint density at radius 1 is 1.19 bits per heavy atom. The Kier molecular flexibility index (Phi) is 5.76. The van der Waals surface area contributed by atoms with Gasteiger partial charge in [0, 0.05) is 12.2 Å². The van der Waals surface area contributed by atoms with Crippen LogP contribution >= 0.6 is 0 Å². The first-order chi connectivity index (χ1) is 12.9. The van der Waals surface area contributed by atoms with E-state index >= 15 is 0 Å². The summed E-state index contributed by atoms with van der Waals surface area (Å²) >= 11 is 0. The van der Waals surface area contributed by atoms with Crippen LogP contribution in [0.5, 0.6) is 5.75 Å². The Balaban J connectivity index is 1.60. The summed E-state index contributed by atoms with van der Waals surface area (Å²) in [4.78, 5) is 25.4. The highest BCUT2D eigenvalue weighted by Gasteiger charge is 2.26. The standard InChI is InChI=1S/C21H24N2O4/c1-23(2)19(20(24)25)11-14-7-9-17(10-8-14)27-21(26)16-12-15-5-3-4-6-18(15)22-13-16/h3-10,16,19,22H,11-13H2,1-2H3,(H,24,25)/t16?,19-/m0/s1. The molecule has 6 heteroatoms. The highest BCUT2D eigenvalue weighted by Crippen LogP contribution is 2.25. The minimum absolute atomic E-state index is 0.232. The number of para-hydroxylation sites is 1.